The first-order valence-corrected chi connectivity index (χ1v) is 10.5. The number of aryl methyl sites for hydroxylation is 1. The molecule has 1 fully saturated rings. The molecule has 4 aromatic rings. The summed E-state index contributed by atoms with van der Waals surface area (Å²) >= 11 is 6.15. The third kappa shape index (κ3) is 3.36. The fourth-order valence-electron chi connectivity index (χ4n) is 4.37. The molecule has 0 amide bonds. The van der Waals surface area contributed by atoms with Crippen molar-refractivity contribution in [2.75, 3.05) is 18.0 Å². The van der Waals surface area contributed by atoms with Gasteiger partial charge in [0.25, 0.3) is 0 Å². The van der Waals surface area contributed by atoms with Gasteiger partial charge in [-0.15, -0.1) is 0 Å². The van der Waals surface area contributed by atoms with Crippen LogP contribution in [0.15, 0.2) is 51.9 Å². The highest BCUT2D eigenvalue weighted by Crippen LogP contribution is 2.27. The van der Waals surface area contributed by atoms with Gasteiger partial charge in [0.15, 0.2) is 0 Å². The van der Waals surface area contributed by atoms with Crippen LogP contribution < -0.4 is 15.8 Å². The van der Waals surface area contributed by atoms with Gasteiger partial charge < -0.3 is 19.0 Å². The number of pyridine rings is 1. The standard InChI is InChI=1S/C23H23ClN4O2/c1-13-6-17(24)11-28-12-20(26-22(13)28)19-7-16-4-5-18(8-21(16)30-23(19)29)27-9-14(2)25-15(3)10-27/h4-8,11-12,14-15,25H,9-10H2,1-3H3/t14-,15+. The predicted octanol–water partition coefficient (Wildman–Crippen LogP) is 4.26. The van der Waals surface area contributed by atoms with Crippen molar-refractivity contribution in [3.8, 4) is 11.3 Å². The van der Waals surface area contributed by atoms with Gasteiger partial charge in [-0.05, 0) is 50.6 Å². The molecule has 3 aromatic heterocycles. The number of hydrogen-bond donors (Lipinski definition) is 1. The molecule has 0 radical (unpaired) electrons. The van der Waals surface area contributed by atoms with Crippen molar-refractivity contribution in [3.63, 3.8) is 0 Å². The molecule has 0 spiro atoms. The Labute approximate surface area is 179 Å². The molecule has 1 aromatic carbocycles. The van der Waals surface area contributed by atoms with E-state index in [0.717, 1.165) is 35.4 Å². The summed E-state index contributed by atoms with van der Waals surface area (Å²) in [6.45, 7) is 8.14. The van der Waals surface area contributed by atoms with Crippen LogP contribution in [0.25, 0.3) is 27.9 Å². The summed E-state index contributed by atoms with van der Waals surface area (Å²) in [4.78, 5) is 19.7. The van der Waals surface area contributed by atoms with Crippen LogP contribution in [0, 0.1) is 6.92 Å². The topological polar surface area (TPSA) is 62.8 Å². The summed E-state index contributed by atoms with van der Waals surface area (Å²) in [5, 5.41) is 5.03. The predicted molar refractivity (Wildman–Crippen MR) is 121 cm³/mol. The first-order valence-electron chi connectivity index (χ1n) is 10.1. The van der Waals surface area contributed by atoms with Crippen LogP contribution in [0.3, 0.4) is 0 Å². The largest absolute Gasteiger partial charge is 0.422 e. The molecule has 0 saturated carbocycles. The number of piperazine rings is 1. The number of nitrogens with one attached hydrogen (secondary N) is 1. The van der Waals surface area contributed by atoms with Crippen molar-refractivity contribution in [2.24, 2.45) is 0 Å². The van der Waals surface area contributed by atoms with E-state index in [1.165, 1.54) is 0 Å². The Balaban J connectivity index is 1.56. The molecule has 6 nitrogen and oxygen atoms in total. The molecule has 0 bridgehead atoms. The molecule has 1 aliphatic heterocycles. The monoisotopic (exact) mass is 422 g/mol. The summed E-state index contributed by atoms with van der Waals surface area (Å²) < 4.78 is 7.55. The Morgan fingerprint density at radius 2 is 1.90 bits per heavy atom. The number of rotatable bonds is 2. The molecule has 4 heterocycles. The van der Waals surface area contributed by atoms with E-state index >= 15 is 0 Å². The zero-order valence-corrected chi connectivity index (χ0v) is 17.9. The summed E-state index contributed by atoms with van der Waals surface area (Å²) in [6, 6.07) is 10.6. The number of aromatic nitrogens is 2. The first-order chi connectivity index (χ1) is 14.4. The number of imidazole rings is 1. The summed E-state index contributed by atoms with van der Waals surface area (Å²) in [7, 11) is 0. The van der Waals surface area contributed by atoms with Crippen molar-refractivity contribution in [2.45, 2.75) is 32.9 Å². The molecule has 5 rings (SSSR count). The van der Waals surface area contributed by atoms with Crippen LogP contribution in [-0.2, 0) is 0 Å². The maximum absolute atomic E-state index is 12.8. The van der Waals surface area contributed by atoms with E-state index in [0.29, 0.717) is 33.9 Å². The van der Waals surface area contributed by atoms with Crippen molar-refractivity contribution < 1.29 is 4.42 Å². The number of anilines is 1. The Morgan fingerprint density at radius 1 is 1.13 bits per heavy atom. The molecule has 1 N–H and O–H groups in total. The van der Waals surface area contributed by atoms with E-state index in [9.17, 15) is 4.79 Å². The Hall–Kier alpha value is -2.83. The average Bonchev–Trinajstić information content (AvgIpc) is 3.10. The van der Waals surface area contributed by atoms with E-state index in [1.54, 1.807) is 6.20 Å². The second kappa shape index (κ2) is 7.15. The fourth-order valence-corrected chi connectivity index (χ4v) is 4.64. The van der Waals surface area contributed by atoms with Crippen molar-refractivity contribution in [1.29, 1.82) is 0 Å². The Morgan fingerprint density at radius 3 is 2.67 bits per heavy atom. The maximum atomic E-state index is 12.8. The highest BCUT2D eigenvalue weighted by Gasteiger charge is 2.22. The minimum absolute atomic E-state index is 0.395. The SMILES string of the molecule is Cc1cc(Cl)cn2cc(-c3cc4ccc(N5C[C@@H](C)N[C@@H](C)C5)cc4oc3=O)nc12. The molecular weight excluding hydrogens is 400 g/mol. The Kier molecular flexibility index (Phi) is 4.56. The molecule has 154 valence electrons. The molecule has 1 saturated heterocycles. The van der Waals surface area contributed by atoms with Crippen LogP contribution in [0.1, 0.15) is 19.4 Å². The lowest BCUT2D eigenvalue weighted by molar-refractivity contribution is 0.407. The summed E-state index contributed by atoms with van der Waals surface area (Å²) in [5.41, 5.74) is 3.99. The second-order valence-corrected chi connectivity index (χ2v) is 8.68. The van der Waals surface area contributed by atoms with Gasteiger partial charge in [-0.3, -0.25) is 0 Å². The van der Waals surface area contributed by atoms with E-state index in [4.69, 9.17) is 16.0 Å². The minimum Gasteiger partial charge on any atom is -0.422 e. The molecule has 2 atom stereocenters. The van der Waals surface area contributed by atoms with Gasteiger partial charge in [-0.25, -0.2) is 9.78 Å². The lowest BCUT2D eigenvalue weighted by Crippen LogP contribution is -2.54. The van der Waals surface area contributed by atoms with Crippen molar-refractivity contribution in [3.05, 3.63) is 63.7 Å². The molecule has 30 heavy (non-hydrogen) atoms. The molecule has 0 unspecified atom stereocenters. The zero-order valence-electron chi connectivity index (χ0n) is 17.1. The lowest BCUT2D eigenvalue weighted by Gasteiger charge is -2.37. The molecule has 0 aliphatic carbocycles. The maximum Gasteiger partial charge on any atom is 0.345 e. The zero-order chi connectivity index (χ0) is 21.0. The highest BCUT2D eigenvalue weighted by molar-refractivity contribution is 6.30. The van der Waals surface area contributed by atoms with Crippen molar-refractivity contribution in [1.82, 2.24) is 14.7 Å². The van der Waals surface area contributed by atoms with Crippen molar-refractivity contribution >= 4 is 33.9 Å². The van der Waals surface area contributed by atoms with Crippen LogP contribution >= 0.6 is 11.6 Å². The number of hydrogen-bond acceptors (Lipinski definition) is 5. The number of halogens is 1. The summed E-state index contributed by atoms with van der Waals surface area (Å²) in [6.07, 6.45) is 3.59. The van der Waals surface area contributed by atoms with Crippen LogP contribution in [0.2, 0.25) is 5.02 Å². The van der Waals surface area contributed by atoms with Gasteiger partial charge >= 0.3 is 5.63 Å². The average molecular weight is 423 g/mol. The smallest absolute Gasteiger partial charge is 0.345 e. The summed E-state index contributed by atoms with van der Waals surface area (Å²) in [5.74, 6) is 0. The van der Waals surface area contributed by atoms with Crippen LogP contribution in [-0.4, -0.2) is 34.6 Å². The normalized spacial score (nSPS) is 19.7. The number of fused-ring (bicyclic) bond motifs is 2. The lowest BCUT2D eigenvalue weighted by atomic mass is 10.1. The quantitative estimate of drug-likeness (QED) is 0.489. The molecular formula is C23H23ClN4O2. The van der Waals surface area contributed by atoms with E-state index in [2.05, 4.69) is 35.1 Å². The van der Waals surface area contributed by atoms with Gasteiger partial charge in [0, 0.05) is 54.7 Å². The minimum atomic E-state index is -0.395. The highest BCUT2D eigenvalue weighted by atomic mass is 35.5. The molecule has 1 aliphatic rings. The number of nitrogens with zero attached hydrogens (tertiary/aromatic N) is 3. The van der Waals surface area contributed by atoms with Gasteiger partial charge in [0.1, 0.15) is 11.2 Å². The van der Waals surface area contributed by atoms with E-state index in [1.807, 2.05) is 41.8 Å². The second-order valence-electron chi connectivity index (χ2n) is 8.24. The first kappa shape index (κ1) is 19.2. The molecule has 7 heteroatoms. The van der Waals surface area contributed by atoms with E-state index in [-0.39, 0.29) is 0 Å². The van der Waals surface area contributed by atoms with Gasteiger partial charge in [0.2, 0.25) is 0 Å². The third-order valence-corrected chi connectivity index (χ3v) is 5.83. The fraction of sp³-hybridized carbons (Fsp3) is 0.304. The van der Waals surface area contributed by atoms with Gasteiger partial charge in [-0.2, -0.15) is 0 Å². The number of benzene rings is 1. The van der Waals surface area contributed by atoms with Crippen LogP contribution in [0.5, 0.6) is 0 Å². The van der Waals surface area contributed by atoms with Gasteiger partial charge in [-0.1, -0.05) is 11.6 Å². The Bertz CT molecular complexity index is 1320. The van der Waals surface area contributed by atoms with Crippen LogP contribution in [0.4, 0.5) is 5.69 Å². The third-order valence-electron chi connectivity index (χ3n) is 5.62. The van der Waals surface area contributed by atoms with Gasteiger partial charge in [0.05, 0.1) is 16.3 Å². The van der Waals surface area contributed by atoms with E-state index < -0.39 is 5.63 Å².